The fourth-order valence-electron chi connectivity index (χ4n) is 4.16. The molecule has 0 unspecified atom stereocenters. The summed E-state index contributed by atoms with van der Waals surface area (Å²) in [6.45, 7) is 1.45. The largest absolute Gasteiger partial charge is 0.342 e. The molecule has 8 heteroatoms. The predicted octanol–water partition coefficient (Wildman–Crippen LogP) is 3.85. The van der Waals surface area contributed by atoms with Gasteiger partial charge in [0.2, 0.25) is 5.95 Å². The molecule has 0 bridgehead atoms. The number of nitrogens with zero attached hydrogens (tertiary/aromatic N) is 4. The number of benzene rings is 2. The van der Waals surface area contributed by atoms with Gasteiger partial charge in [-0.2, -0.15) is 10.1 Å². The number of anilines is 1. The topological polar surface area (TPSA) is 66.8 Å². The second kappa shape index (κ2) is 7.94. The number of hydrogen-bond donors (Lipinski definition) is 1. The van der Waals surface area contributed by atoms with Gasteiger partial charge < -0.3 is 4.90 Å². The van der Waals surface area contributed by atoms with Crippen LogP contribution in [0.5, 0.6) is 0 Å². The number of H-pyrrole nitrogens is 1. The molecule has 1 aliphatic heterocycles. The molecule has 2 aromatic heterocycles. The summed E-state index contributed by atoms with van der Waals surface area (Å²) < 4.78 is 28.3. The third kappa shape index (κ3) is 3.81. The molecule has 1 N–H and O–H groups in total. The van der Waals surface area contributed by atoms with Crippen LogP contribution < -0.4 is 10.5 Å². The smallest absolute Gasteiger partial charge is 0.263 e. The monoisotopic (exact) mass is 421 g/mol. The molecule has 2 aromatic carbocycles. The van der Waals surface area contributed by atoms with Crippen molar-refractivity contribution in [3.63, 3.8) is 0 Å². The highest BCUT2D eigenvalue weighted by Crippen LogP contribution is 2.25. The van der Waals surface area contributed by atoms with E-state index in [1.165, 1.54) is 18.3 Å². The number of halogens is 2. The molecule has 6 nitrogen and oxygen atoms in total. The minimum absolute atomic E-state index is 0.217. The van der Waals surface area contributed by atoms with Crippen LogP contribution in [0.4, 0.5) is 14.7 Å². The first kappa shape index (κ1) is 19.4. The number of rotatable bonds is 4. The van der Waals surface area contributed by atoms with Gasteiger partial charge in [0.15, 0.2) is 17.3 Å². The van der Waals surface area contributed by atoms with Gasteiger partial charge in [-0.1, -0.05) is 24.3 Å². The SMILES string of the molecule is O=c1[nH]c(N2CCC(Cc3ccc(F)c(F)c3)CC2)nc2c1cnn2-c1ccccc1. The number of aromatic nitrogens is 4. The van der Waals surface area contributed by atoms with Crippen LogP contribution in [0.25, 0.3) is 16.7 Å². The van der Waals surface area contributed by atoms with Crippen LogP contribution in [0, 0.1) is 17.6 Å². The number of para-hydroxylation sites is 1. The third-order valence-corrected chi connectivity index (χ3v) is 5.85. The highest BCUT2D eigenvalue weighted by molar-refractivity contribution is 5.76. The van der Waals surface area contributed by atoms with Crippen molar-refractivity contribution in [2.45, 2.75) is 19.3 Å². The van der Waals surface area contributed by atoms with Gasteiger partial charge in [0.1, 0.15) is 5.39 Å². The first-order valence-electron chi connectivity index (χ1n) is 10.3. The standard InChI is InChI=1S/C23H21F2N5O/c24-19-7-6-16(13-20(19)25)12-15-8-10-29(11-9-15)23-27-21-18(22(31)28-23)14-26-30(21)17-4-2-1-3-5-17/h1-7,13-15H,8-12H2,(H,27,28,31). The van der Waals surface area contributed by atoms with Crippen molar-refractivity contribution in [3.8, 4) is 5.69 Å². The number of hydrogen-bond acceptors (Lipinski definition) is 4. The summed E-state index contributed by atoms with van der Waals surface area (Å²) in [5.41, 5.74) is 1.95. The van der Waals surface area contributed by atoms with Crippen LogP contribution in [0.15, 0.2) is 59.5 Å². The summed E-state index contributed by atoms with van der Waals surface area (Å²) in [4.78, 5) is 22.3. The average molecular weight is 421 g/mol. The summed E-state index contributed by atoms with van der Waals surface area (Å²) in [5.74, 6) is -0.730. The summed E-state index contributed by atoms with van der Waals surface area (Å²) in [5, 5.41) is 4.79. The van der Waals surface area contributed by atoms with E-state index in [-0.39, 0.29) is 5.56 Å². The number of fused-ring (bicyclic) bond motifs is 1. The molecule has 5 rings (SSSR count). The number of aromatic amines is 1. The Kier molecular flexibility index (Phi) is 4.97. The Morgan fingerprint density at radius 2 is 1.81 bits per heavy atom. The van der Waals surface area contributed by atoms with E-state index in [2.05, 4.69) is 15.0 Å². The highest BCUT2D eigenvalue weighted by atomic mass is 19.2. The van der Waals surface area contributed by atoms with E-state index in [1.54, 1.807) is 10.7 Å². The van der Waals surface area contributed by atoms with Crippen LogP contribution in [0.2, 0.25) is 0 Å². The lowest BCUT2D eigenvalue weighted by Crippen LogP contribution is -2.36. The molecule has 1 saturated heterocycles. The molecule has 0 aliphatic carbocycles. The predicted molar refractivity (Wildman–Crippen MR) is 114 cm³/mol. The molecule has 0 atom stereocenters. The quantitative estimate of drug-likeness (QED) is 0.544. The lowest BCUT2D eigenvalue weighted by Gasteiger charge is -2.32. The molecular weight excluding hydrogens is 400 g/mol. The van der Waals surface area contributed by atoms with E-state index in [9.17, 15) is 13.6 Å². The Bertz CT molecular complexity index is 1280. The minimum atomic E-state index is -0.821. The lowest BCUT2D eigenvalue weighted by atomic mass is 9.90. The zero-order valence-electron chi connectivity index (χ0n) is 16.8. The summed E-state index contributed by atoms with van der Waals surface area (Å²) in [7, 11) is 0. The molecule has 4 aromatic rings. The van der Waals surface area contributed by atoms with Crippen LogP contribution in [0.3, 0.4) is 0 Å². The van der Waals surface area contributed by atoms with Gasteiger partial charge in [0.25, 0.3) is 5.56 Å². The van der Waals surface area contributed by atoms with Crippen molar-refractivity contribution in [1.82, 2.24) is 19.7 Å². The third-order valence-electron chi connectivity index (χ3n) is 5.85. The van der Waals surface area contributed by atoms with Gasteiger partial charge in [0, 0.05) is 13.1 Å². The van der Waals surface area contributed by atoms with E-state index in [0.717, 1.165) is 37.2 Å². The fourth-order valence-corrected chi connectivity index (χ4v) is 4.16. The first-order chi connectivity index (χ1) is 15.1. The van der Waals surface area contributed by atoms with E-state index in [1.807, 2.05) is 30.3 Å². The molecule has 0 amide bonds. The van der Waals surface area contributed by atoms with Crippen molar-refractivity contribution in [3.05, 3.63) is 82.3 Å². The molecule has 158 valence electrons. The number of piperidine rings is 1. The van der Waals surface area contributed by atoms with Crippen molar-refractivity contribution >= 4 is 17.0 Å². The fraction of sp³-hybridized carbons (Fsp3) is 0.261. The first-order valence-corrected chi connectivity index (χ1v) is 10.3. The van der Waals surface area contributed by atoms with Gasteiger partial charge in [-0.15, -0.1) is 0 Å². The van der Waals surface area contributed by atoms with E-state index >= 15 is 0 Å². The number of nitrogens with one attached hydrogen (secondary N) is 1. The minimum Gasteiger partial charge on any atom is -0.342 e. The molecule has 1 aliphatic rings. The van der Waals surface area contributed by atoms with Crippen molar-refractivity contribution in [2.24, 2.45) is 5.92 Å². The van der Waals surface area contributed by atoms with Crippen molar-refractivity contribution in [2.75, 3.05) is 18.0 Å². The van der Waals surface area contributed by atoms with Gasteiger partial charge in [-0.05, 0) is 55.0 Å². The molecule has 3 heterocycles. The van der Waals surface area contributed by atoms with E-state index in [0.29, 0.717) is 29.3 Å². The summed E-state index contributed by atoms with van der Waals surface area (Å²) in [6, 6.07) is 13.7. The summed E-state index contributed by atoms with van der Waals surface area (Å²) in [6.07, 6.45) is 3.98. The normalized spacial score (nSPS) is 15.0. The maximum absolute atomic E-state index is 13.5. The lowest BCUT2D eigenvalue weighted by molar-refractivity contribution is 0.399. The Balaban J connectivity index is 1.35. The molecule has 0 spiro atoms. The maximum atomic E-state index is 13.5. The second-order valence-electron chi connectivity index (χ2n) is 7.90. The molecule has 31 heavy (non-hydrogen) atoms. The highest BCUT2D eigenvalue weighted by Gasteiger charge is 2.23. The van der Waals surface area contributed by atoms with Crippen molar-refractivity contribution in [1.29, 1.82) is 0 Å². The van der Waals surface area contributed by atoms with Gasteiger partial charge in [-0.25, -0.2) is 13.5 Å². The van der Waals surface area contributed by atoms with Crippen LogP contribution in [0.1, 0.15) is 18.4 Å². The van der Waals surface area contributed by atoms with E-state index in [4.69, 9.17) is 4.98 Å². The molecule has 0 radical (unpaired) electrons. The van der Waals surface area contributed by atoms with Gasteiger partial charge in [-0.3, -0.25) is 9.78 Å². The van der Waals surface area contributed by atoms with Crippen molar-refractivity contribution < 1.29 is 8.78 Å². The summed E-state index contributed by atoms with van der Waals surface area (Å²) >= 11 is 0. The molecule has 0 saturated carbocycles. The van der Waals surface area contributed by atoms with E-state index < -0.39 is 11.6 Å². The molecule has 1 fully saturated rings. The van der Waals surface area contributed by atoms with Gasteiger partial charge in [0.05, 0.1) is 11.9 Å². The van der Waals surface area contributed by atoms with Crippen LogP contribution >= 0.6 is 0 Å². The Hall–Kier alpha value is -3.55. The maximum Gasteiger partial charge on any atom is 0.263 e. The van der Waals surface area contributed by atoms with Crippen LogP contribution in [-0.4, -0.2) is 32.8 Å². The van der Waals surface area contributed by atoms with Gasteiger partial charge >= 0.3 is 0 Å². The average Bonchev–Trinajstić information content (AvgIpc) is 3.22. The van der Waals surface area contributed by atoms with Crippen LogP contribution in [-0.2, 0) is 6.42 Å². The zero-order chi connectivity index (χ0) is 21.4. The molecular formula is C23H21F2N5O. The Labute approximate surface area is 177 Å². The zero-order valence-corrected chi connectivity index (χ0v) is 16.8. The second-order valence-corrected chi connectivity index (χ2v) is 7.90. The Morgan fingerprint density at radius 1 is 1.03 bits per heavy atom. The Morgan fingerprint density at radius 3 is 2.55 bits per heavy atom.